The van der Waals surface area contributed by atoms with Crippen molar-refractivity contribution in [2.45, 2.75) is 50.5 Å². The zero-order valence-corrected chi connectivity index (χ0v) is 16.3. The fourth-order valence-corrected chi connectivity index (χ4v) is 6.42. The maximum Gasteiger partial charge on any atom is 0.248 e. The maximum atomic E-state index is 11.6. The zero-order valence-electron chi connectivity index (χ0n) is 16.3. The predicted octanol–water partition coefficient (Wildman–Crippen LogP) is 3.81. The summed E-state index contributed by atoms with van der Waals surface area (Å²) in [6.45, 7) is 2.40. The molecule has 4 unspecified atom stereocenters. The van der Waals surface area contributed by atoms with Gasteiger partial charge >= 0.3 is 0 Å². The molecular formula is C24H27N3O. The van der Waals surface area contributed by atoms with Gasteiger partial charge in [-0.15, -0.1) is 0 Å². The summed E-state index contributed by atoms with van der Waals surface area (Å²) in [4.78, 5) is 15.9. The van der Waals surface area contributed by atoms with Crippen LogP contribution in [0.3, 0.4) is 0 Å². The number of fused-ring (bicyclic) bond motifs is 5. The SMILES string of the molecule is CC12CCC3c4ccc(C(N)=O)cc4CCC3(N)C1CC=C2c1cccnc1. The van der Waals surface area contributed by atoms with Gasteiger partial charge in [0.15, 0.2) is 0 Å². The van der Waals surface area contributed by atoms with Crippen LogP contribution in [0.25, 0.3) is 5.57 Å². The summed E-state index contributed by atoms with van der Waals surface area (Å²) in [5, 5.41) is 0. The van der Waals surface area contributed by atoms with E-state index in [0.717, 1.165) is 32.1 Å². The number of carbonyl (C=O) groups is 1. The normalized spacial score (nSPS) is 33.4. The Bertz CT molecular complexity index is 983. The van der Waals surface area contributed by atoms with Crippen molar-refractivity contribution in [1.82, 2.24) is 4.98 Å². The third kappa shape index (κ3) is 2.34. The molecule has 144 valence electrons. The van der Waals surface area contributed by atoms with Crippen molar-refractivity contribution in [2.24, 2.45) is 22.8 Å². The second-order valence-corrected chi connectivity index (χ2v) is 9.05. The maximum absolute atomic E-state index is 11.6. The Balaban J connectivity index is 1.52. The van der Waals surface area contributed by atoms with Gasteiger partial charge in [-0.25, -0.2) is 0 Å². The van der Waals surface area contributed by atoms with E-state index in [1.807, 2.05) is 30.6 Å². The Kier molecular flexibility index (Phi) is 3.79. The summed E-state index contributed by atoms with van der Waals surface area (Å²) in [5.74, 6) is 0.417. The molecule has 0 radical (unpaired) electrons. The molecule has 0 saturated heterocycles. The summed E-state index contributed by atoms with van der Waals surface area (Å²) in [5.41, 5.74) is 18.5. The van der Waals surface area contributed by atoms with E-state index in [1.165, 1.54) is 22.3 Å². The van der Waals surface area contributed by atoms with Gasteiger partial charge in [-0.05, 0) is 83.9 Å². The molecule has 1 fully saturated rings. The highest BCUT2D eigenvalue weighted by molar-refractivity contribution is 5.93. The summed E-state index contributed by atoms with van der Waals surface area (Å²) in [6.07, 6.45) is 11.3. The molecule has 1 saturated carbocycles. The van der Waals surface area contributed by atoms with Crippen LogP contribution in [-0.2, 0) is 6.42 Å². The van der Waals surface area contributed by atoms with Crippen LogP contribution in [0.4, 0.5) is 0 Å². The third-order valence-corrected chi connectivity index (χ3v) is 7.79. The summed E-state index contributed by atoms with van der Waals surface area (Å²) in [6, 6.07) is 10.1. The van der Waals surface area contributed by atoms with E-state index >= 15 is 0 Å². The molecule has 4 atom stereocenters. The summed E-state index contributed by atoms with van der Waals surface area (Å²) < 4.78 is 0. The lowest BCUT2D eigenvalue weighted by atomic mass is 9.50. The number of benzene rings is 1. The number of rotatable bonds is 2. The lowest BCUT2D eigenvalue weighted by molar-refractivity contribution is 0.0584. The van der Waals surface area contributed by atoms with Gasteiger partial charge in [0.2, 0.25) is 5.91 Å². The Morgan fingerprint density at radius 3 is 2.86 bits per heavy atom. The molecule has 1 aromatic carbocycles. The molecule has 0 spiro atoms. The fraction of sp³-hybridized carbons (Fsp3) is 0.417. The van der Waals surface area contributed by atoms with E-state index in [4.69, 9.17) is 11.5 Å². The van der Waals surface area contributed by atoms with Gasteiger partial charge in [0.05, 0.1) is 0 Å². The Hall–Kier alpha value is -2.46. The van der Waals surface area contributed by atoms with Crippen LogP contribution in [0.2, 0.25) is 0 Å². The molecule has 2 aromatic rings. The van der Waals surface area contributed by atoms with E-state index in [9.17, 15) is 4.79 Å². The first-order chi connectivity index (χ1) is 13.4. The molecule has 3 aliphatic rings. The van der Waals surface area contributed by atoms with Crippen molar-refractivity contribution < 1.29 is 4.79 Å². The quantitative estimate of drug-likeness (QED) is 0.840. The Morgan fingerprint density at radius 1 is 1.25 bits per heavy atom. The minimum absolute atomic E-state index is 0.0962. The van der Waals surface area contributed by atoms with Crippen molar-refractivity contribution in [2.75, 3.05) is 0 Å². The molecular weight excluding hydrogens is 346 g/mol. The number of nitrogens with two attached hydrogens (primary N) is 2. The number of aromatic nitrogens is 1. The number of aryl methyl sites for hydroxylation is 1. The van der Waals surface area contributed by atoms with Crippen molar-refractivity contribution in [3.05, 3.63) is 71.1 Å². The second kappa shape index (κ2) is 6.02. The van der Waals surface area contributed by atoms with Crippen LogP contribution in [0, 0.1) is 11.3 Å². The van der Waals surface area contributed by atoms with Crippen LogP contribution in [-0.4, -0.2) is 16.4 Å². The minimum atomic E-state index is -0.357. The van der Waals surface area contributed by atoms with Crippen molar-refractivity contribution in [1.29, 1.82) is 0 Å². The van der Waals surface area contributed by atoms with E-state index < -0.39 is 0 Å². The molecule has 3 aliphatic carbocycles. The van der Waals surface area contributed by atoms with Crippen LogP contribution >= 0.6 is 0 Å². The monoisotopic (exact) mass is 373 g/mol. The number of primary amides is 1. The van der Waals surface area contributed by atoms with Crippen molar-refractivity contribution in [3.63, 3.8) is 0 Å². The largest absolute Gasteiger partial charge is 0.366 e. The highest BCUT2D eigenvalue weighted by Crippen LogP contribution is 2.63. The third-order valence-electron chi connectivity index (χ3n) is 7.79. The highest BCUT2D eigenvalue weighted by Gasteiger charge is 2.58. The number of carbonyl (C=O) groups excluding carboxylic acids is 1. The fourth-order valence-electron chi connectivity index (χ4n) is 6.42. The Morgan fingerprint density at radius 2 is 2.11 bits per heavy atom. The molecule has 4 nitrogen and oxygen atoms in total. The standard InChI is InChI=1S/C24H27N3O/c1-23-10-9-20-18-5-4-16(22(25)28)13-15(18)8-11-24(20,26)21(23)7-6-19(23)17-3-2-12-27-14-17/h2-6,12-14,20-21H,7-11,26H2,1H3,(H2,25,28). The summed E-state index contributed by atoms with van der Waals surface area (Å²) in [7, 11) is 0. The van der Waals surface area contributed by atoms with Crippen molar-refractivity contribution >= 4 is 11.5 Å². The highest BCUT2D eigenvalue weighted by atomic mass is 16.1. The van der Waals surface area contributed by atoms with Gasteiger partial charge in [0, 0.05) is 29.4 Å². The van der Waals surface area contributed by atoms with E-state index in [1.54, 1.807) is 0 Å². The van der Waals surface area contributed by atoms with Crippen LogP contribution in [0.15, 0.2) is 48.8 Å². The average molecular weight is 374 g/mol. The molecule has 4 heteroatoms. The van der Waals surface area contributed by atoms with Gasteiger partial charge in [0.25, 0.3) is 0 Å². The van der Waals surface area contributed by atoms with E-state index in [2.05, 4.69) is 30.1 Å². The van der Waals surface area contributed by atoms with Gasteiger partial charge in [0.1, 0.15) is 0 Å². The van der Waals surface area contributed by atoms with Crippen LogP contribution < -0.4 is 11.5 Å². The number of hydrogen-bond acceptors (Lipinski definition) is 3. The molecule has 1 amide bonds. The predicted molar refractivity (Wildman–Crippen MR) is 111 cm³/mol. The number of nitrogens with zero attached hydrogens (tertiary/aromatic N) is 1. The molecule has 0 bridgehead atoms. The lowest BCUT2D eigenvalue weighted by Gasteiger charge is -2.56. The first-order valence-electron chi connectivity index (χ1n) is 10.3. The van der Waals surface area contributed by atoms with Crippen LogP contribution in [0.1, 0.15) is 65.6 Å². The van der Waals surface area contributed by atoms with Crippen molar-refractivity contribution in [3.8, 4) is 0 Å². The number of pyridine rings is 1. The second-order valence-electron chi connectivity index (χ2n) is 9.05. The van der Waals surface area contributed by atoms with Gasteiger partial charge < -0.3 is 11.5 Å². The molecule has 4 N–H and O–H groups in total. The topological polar surface area (TPSA) is 82.0 Å². The first kappa shape index (κ1) is 17.6. The molecule has 28 heavy (non-hydrogen) atoms. The number of amides is 1. The first-order valence-corrected chi connectivity index (χ1v) is 10.3. The average Bonchev–Trinajstić information content (AvgIpc) is 3.06. The number of allylic oxidation sites excluding steroid dienone is 2. The van der Waals surface area contributed by atoms with Gasteiger partial charge in [-0.2, -0.15) is 0 Å². The van der Waals surface area contributed by atoms with Gasteiger partial charge in [-0.3, -0.25) is 9.78 Å². The zero-order chi connectivity index (χ0) is 19.5. The molecule has 1 aromatic heterocycles. The smallest absolute Gasteiger partial charge is 0.248 e. The molecule has 1 heterocycles. The number of hydrogen-bond donors (Lipinski definition) is 2. The molecule has 0 aliphatic heterocycles. The lowest BCUT2D eigenvalue weighted by Crippen LogP contribution is -2.60. The van der Waals surface area contributed by atoms with E-state index in [0.29, 0.717) is 17.4 Å². The van der Waals surface area contributed by atoms with E-state index in [-0.39, 0.29) is 16.9 Å². The Labute approximate surface area is 166 Å². The van der Waals surface area contributed by atoms with Gasteiger partial charge in [-0.1, -0.05) is 25.1 Å². The molecule has 5 rings (SSSR count). The van der Waals surface area contributed by atoms with Crippen LogP contribution in [0.5, 0.6) is 0 Å². The summed E-state index contributed by atoms with van der Waals surface area (Å²) >= 11 is 0. The minimum Gasteiger partial charge on any atom is -0.366 e.